The summed E-state index contributed by atoms with van der Waals surface area (Å²) in [6.45, 7) is 3.95. The Morgan fingerprint density at radius 1 is 1.18 bits per heavy atom. The number of allylic oxidation sites excluding steroid dienone is 2. The largest absolute Gasteiger partial charge is 0.269 e. The molecule has 0 bridgehead atoms. The van der Waals surface area contributed by atoms with Crippen molar-refractivity contribution in [2.45, 2.75) is 13.8 Å². The second kappa shape index (κ2) is 4.37. The molecule has 3 heteroatoms. The molecule has 3 nitrogen and oxygen atoms in total. The Morgan fingerprint density at radius 2 is 1.82 bits per heavy atom. The van der Waals surface area contributed by atoms with Crippen LogP contribution in [0.4, 0.5) is 5.69 Å². The van der Waals surface area contributed by atoms with Crippen molar-refractivity contribution in [3.63, 3.8) is 0 Å². The second-order valence-corrected chi connectivity index (χ2v) is 3.87. The lowest BCUT2D eigenvalue weighted by atomic mass is 10.1. The molecule has 0 atom stereocenters. The number of carbonyl (C=O) groups is 2. The van der Waals surface area contributed by atoms with Gasteiger partial charge in [-0.15, -0.1) is 0 Å². The van der Waals surface area contributed by atoms with E-state index in [2.05, 4.69) is 0 Å². The molecule has 0 saturated carbocycles. The van der Waals surface area contributed by atoms with Gasteiger partial charge in [0.05, 0.1) is 5.69 Å². The van der Waals surface area contributed by atoms with E-state index in [9.17, 15) is 9.59 Å². The van der Waals surface area contributed by atoms with Crippen LogP contribution in [0.25, 0.3) is 5.57 Å². The van der Waals surface area contributed by atoms with Gasteiger partial charge in [-0.2, -0.15) is 0 Å². The maximum absolute atomic E-state index is 11.5. The predicted octanol–water partition coefficient (Wildman–Crippen LogP) is 2.54. The molecule has 0 radical (unpaired) electrons. The van der Waals surface area contributed by atoms with E-state index in [4.69, 9.17) is 0 Å². The minimum absolute atomic E-state index is 0.287. The van der Waals surface area contributed by atoms with Crippen LogP contribution in [-0.2, 0) is 9.59 Å². The number of anilines is 1. The normalized spacial score (nSPS) is 15.9. The quantitative estimate of drug-likeness (QED) is 0.728. The number of hydrogen-bond donors (Lipinski definition) is 0. The van der Waals surface area contributed by atoms with Gasteiger partial charge in [-0.25, -0.2) is 4.90 Å². The van der Waals surface area contributed by atoms with Crippen molar-refractivity contribution in [1.29, 1.82) is 0 Å². The van der Waals surface area contributed by atoms with Gasteiger partial charge in [0.15, 0.2) is 0 Å². The highest BCUT2D eigenvalue weighted by Crippen LogP contribution is 2.23. The number of carbonyl (C=O) groups excluding carboxylic acids is 2. The molecule has 0 fully saturated rings. The fraction of sp³-hybridized carbons (Fsp3) is 0.143. The molecular formula is C14H13NO2. The summed E-state index contributed by atoms with van der Waals surface area (Å²) < 4.78 is 0. The lowest BCUT2D eigenvalue weighted by Crippen LogP contribution is -2.29. The van der Waals surface area contributed by atoms with Crippen molar-refractivity contribution >= 4 is 23.1 Å². The summed E-state index contributed by atoms with van der Waals surface area (Å²) in [5, 5.41) is 0. The van der Waals surface area contributed by atoms with Gasteiger partial charge in [-0.05, 0) is 37.1 Å². The molecule has 0 aromatic heterocycles. The van der Waals surface area contributed by atoms with Gasteiger partial charge in [-0.3, -0.25) is 9.59 Å². The van der Waals surface area contributed by atoms with E-state index in [1.165, 1.54) is 17.1 Å². The Labute approximate surface area is 100 Å². The van der Waals surface area contributed by atoms with E-state index in [0.717, 1.165) is 11.1 Å². The van der Waals surface area contributed by atoms with Crippen LogP contribution in [0.2, 0.25) is 0 Å². The Morgan fingerprint density at radius 3 is 2.41 bits per heavy atom. The van der Waals surface area contributed by atoms with Crippen molar-refractivity contribution in [2.75, 3.05) is 4.90 Å². The summed E-state index contributed by atoms with van der Waals surface area (Å²) in [5.74, 6) is -0.574. The van der Waals surface area contributed by atoms with Crippen LogP contribution in [0.15, 0.2) is 42.5 Å². The first kappa shape index (κ1) is 11.3. The summed E-state index contributed by atoms with van der Waals surface area (Å²) in [5.41, 5.74) is 2.74. The number of imide groups is 1. The Balaban J connectivity index is 2.41. The zero-order valence-corrected chi connectivity index (χ0v) is 9.81. The van der Waals surface area contributed by atoms with Gasteiger partial charge in [0, 0.05) is 12.2 Å². The highest BCUT2D eigenvalue weighted by molar-refractivity contribution is 6.28. The van der Waals surface area contributed by atoms with E-state index in [1.54, 1.807) is 6.07 Å². The third-order valence-electron chi connectivity index (χ3n) is 2.80. The average molecular weight is 227 g/mol. The highest BCUT2D eigenvalue weighted by Gasteiger charge is 2.24. The van der Waals surface area contributed by atoms with E-state index < -0.39 is 0 Å². The minimum atomic E-state index is -0.287. The van der Waals surface area contributed by atoms with Crippen molar-refractivity contribution in [3.8, 4) is 0 Å². The highest BCUT2D eigenvalue weighted by atomic mass is 16.2. The molecule has 1 aliphatic heterocycles. The number of amides is 2. The third kappa shape index (κ3) is 2.04. The SMILES string of the molecule is CC=C(C)c1cccc(N2C(=O)C=CC2=O)c1. The molecule has 0 aliphatic carbocycles. The fourth-order valence-electron chi connectivity index (χ4n) is 1.71. The zero-order chi connectivity index (χ0) is 12.4. The number of rotatable bonds is 2. The molecule has 0 spiro atoms. The molecule has 2 amide bonds. The smallest absolute Gasteiger partial charge is 0.258 e. The summed E-state index contributed by atoms with van der Waals surface area (Å²) in [7, 11) is 0. The summed E-state index contributed by atoms with van der Waals surface area (Å²) in [6, 6.07) is 7.40. The van der Waals surface area contributed by atoms with Crippen LogP contribution >= 0.6 is 0 Å². The first-order valence-corrected chi connectivity index (χ1v) is 5.43. The van der Waals surface area contributed by atoms with Crippen LogP contribution < -0.4 is 4.90 Å². The molecule has 1 heterocycles. The third-order valence-corrected chi connectivity index (χ3v) is 2.80. The standard InChI is InChI=1S/C14H13NO2/c1-3-10(2)11-5-4-6-12(9-11)15-13(16)7-8-14(15)17/h3-9H,1-2H3. The van der Waals surface area contributed by atoms with Crippen molar-refractivity contribution in [2.24, 2.45) is 0 Å². The van der Waals surface area contributed by atoms with Crippen molar-refractivity contribution in [1.82, 2.24) is 0 Å². The monoisotopic (exact) mass is 227 g/mol. The lowest BCUT2D eigenvalue weighted by Gasteiger charge is -2.14. The molecular weight excluding hydrogens is 214 g/mol. The molecule has 1 aliphatic rings. The summed E-state index contributed by atoms with van der Waals surface area (Å²) in [6.07, 6.45) is 4.57. The van der Waals surface area contributed by atoms with Gasteiger partial charge in [0.25, 0.3) is 11.8 Å². The van der Waals surface area contributed by atoms with E-state index in [1.807, 2.05) is 38.1 Å². The van der Waals surface area contributed by atoms with Gasteiger partial charge >= 0.3 is 0 Å². The summed E-state index contributed by atoms with van der Waals surface area (Å²) >= 11 is 0. The Kier molecular flexibility index (Phi) is 2.91. The molecule has 2 rings (SSSR count). The van der Waals surface area contributed by atoms with Crippen molar-refractivity contribution in [3.05, 3.63) is 48.1 Å². The van der Waals surface area contributed by atoms with Crippen LogP contribution in [0.1, 0.15) is 19.4 Å². The summed E-state index contributed by atoms with van der Waals surface area (Å²) in [4.78, 5) is 24.3. The van der Waals surface area contributed by atoms with E-state index >= 15 is 0 Å². The Bertz CT molecular complexity index is 523. The first-order chi connectivity index (χ1) is 8.13. The molecule has 1 aromatic carbocycles. The van der Waals surface area contributed by atoms with E-state index in [0.29, 0.717) is 5.69 Å². The fourth-order valence-corrected chi connectivity index (χ4v) is 1.71. The predicted molar refractivity (Wildman–Crippen MR) is 67.4 cm³/mol. The number of hydrogen-bond acceptors (Lipinski definition) is 2. The lowest BCUT2D eigenvalue weighted by molar-refractivity contribution is -0.119. The van der Waals surface area contributed by atoms with Crippen molar-refractivity contribution < 1.29 is 9.59 Å². The first-order valence-electron chi connectivity index (χ1n) is 5.43. The number of nitrogens with zero attached hydrogens (tertiary/aromatic N) is 1. The maximum Gasteiger partial charge on any atom is 0.258 e. The van der Waals surface area contributed by atoms with Gasteiger partial charge in [0.1, 0.15) is 0 Å². The maximum atomic E-state index is 11.5. The molecule has 86 valence electrons. The number of benzene rings is 1. The van der Waals surface area contributed by atoms with Gasteiger partial charge in [-0.1, -0.05) is 18.2 Å². The second-order valence-electron chi connectivity index (χ2n) is 3.87. The Hall–Kier alpha value is -2.16. The van der Waals surface area contributed by atoms with Crippen LogP contribution in [0.5, 0.6) is 0 Å². The van der Waals surface area contributed by atoms with Crippen LogP contribution in [-0.4, -0.2) is 11.8 Å². The molecule has 1 aromatic rings. The van der Waals surface area contributed by atoms with Gasteiger partial charge in [0.2, 0.25) is 0 Å². The molecule has 17 heavy (non-hydrogen) atoms. The van der Waals surface area contributed by atoms with Crippen LogP contribution in [0, 0.1) is 0 Å². The minimum Gasteiger partial charge on any atom is -0.269 e. The van der Waals surface area contributed by atoms with E-state index in [-0.39, 0.29) is 11.8 Å². The zero-order valence-electron chi connectivity index (χ0n) is 9.81. The molecule has 0 saturated heterocycles. The average Bonchev–Trinajstić information content (AvgIpc) is 2.68. The molecule has 0 N–H and O–H groups in total. The van der Waals surface area contributed by atoms with Crippen LogP contribution in [0.3, 0.4) is 0 Å². The van der Waals surface area contributed by atoms with Gasteiger partial charge < -0.3 is 0 Å². The molecule has 0 unspecified atom stereocenters. The topological polar surface area (TPSA) is 37.4 Å².